The average molecular weight is 317 g/mol. The number of hydrogen-bond acceptors (Lipinski definition) is 3. The lowest BCUT2D eigenvalue weighted by Gasteiger charge is -2.24. The Morgan fingerprint density at radius 1 is 1.00 bits per heavy atom. The minimum atomic E-state index is -1.21. The summed E-state index contributed by atoms with van der Waals surface area (Å²) in [5.41, 5.74) is 1.11. The molecule has 0 heterocycles. The normalized spacial score (nSPS) is 13.1. The second kappa shape index (κ2) is 7.69. The smallest absolute Gasteiger partial charge is 0.335 e. The van der Waals surface area contributed by atoms with E-state index in [4.69, 9.17) is 4.52 Å². The lowest BCUT2D eigenvalue weighted by molar-refractivity contribution is -0.145. The van der Waals surface area contributed by atoms with Crippen LogP contribution in [0.3, 0.4) is 0 Å². The molecule has 2 aromatic rings. The predicted molar refractivity (Wildman–Crippen MR) is 85.3 cm³/mol. The molecule has 0 aliphatic heterocycles. The molecular weight excluding hydrogens is 301 g/mol. The monoisotopic (exact) mass is 317 g/mol. The van der Waals surface area contributed by atoms with Gasteiger partial charge in [-0.2, -0.15) is 0 Å². The van der Waals surface area contributed by atoms with E-state index < -0.39 is 18.1 Å². The number of carbonyl (C=O) groups is 2. The van der Waals surface area contributed by atoms with Crippen LogP contribution in [0.4, 0.5) is 0 Å². The third kappa shape index (κ3) is 3.91. The number of hydrogen-bond donors (Lipinski definition) is 2. The van der Waals surface area contributed by atoms with Crippen molar-refractivity contribution in [2.45, 2.75) is 12.1 Å². The van der Waals surface area contributed by atoms with Crippen LogP contribution in [-0.2, 0) is 9.32 Å². The summed E-state index contributed by atoms with van der Waals surface area (Å²) < 4.78 is 4.97. The predicted octanol–water partition coefficient (Wildman–Crippen LogP) is 2.42. The van der Waals surface area contributed by atoms with Crippen molar-refractivity contribution in [3.63, 3.8) is 0 Å². The number of amides is 1. The van der Waals surface area contributed by atoms with E-state index in [0.29, 0.717) is 11.1 Å². The number of carboxylic acids is 1. The summed E-state index contributed by atoms with van der Waals surface area (Å²) in [5.74, 6) is -1.51. The molecule has 5 nitrogen and oxygen atoms in total. The minimum absolute atomic E-state index is 0.359. The van der Waals surface area contributed by atoms with Gasteiger partial charge in [-0.1, -0.05) is 48.5 Å². The van der Waals surface area contributed by atoms with E-state index in [1.165, 1.54) is 0 Å². The van der Waals surface area contributed by atoms with E-state index in [1.807, 2.05) is 15.5 Å². The Kier molecular flexibility index (Phi) is 5.64. The molecule has 2 rings (SSSR count). The van der Waals surface area contributed by atoms with Gasteiger partial charge in [-0.3, -0.25) is 4.79 Å². The first-order chi connectivity index (χ1) is 10.6. The number of aliphatic carboxylic acids is 1. The Hall–Kier alpha value is -2.23. The molecule has 0 aliphatic carbocycles. The molecule has 6 heteroatoms. The fourth-order valence-corrected chi connectivity index (χ4v) is 2.36. The van der Waals surface area contributed by atoms with E-state index in [0.717, 1.165) is 0 Å². The molecule has 0 saturated heterocycles. The topological polar surface area (TPSA) is 75.6 Å². The zero-order valence-corrected chi connectivity index (χ0v) is 12.8. The molecule has 1 unspecified atom stereocenters. The quantitative estimate of drug-likeness (QED) is 0.802. The first-order valence-electron chi connectivity index (χ1n) is 6.62. The highest BCUT2D eigenvalue weighted by Gasteiger charge is 2.31. The Bertz CT molecular complexity index is 633. The Labute approximate surface area is 130 Å². The van der Waals surface area contributed by atoms with Crippen molar-refractivity contribution in [1.29, 1.82) is 0 Å². The molecule has 2 N–H and O–H groups in total. The van der Waals surface area contributed by atoms with E-state index in [-0.39, 0.29) is 5.91 Å². The molecule has 1 amide bonds. The number of rotatable bonds is 6. The van der Waals surface area contributed by atoms with Crippen LogP contribution < -0.4 is 5.32 Å². The first-order valence-corrected chi connectivity index (χ1v) is 7.10. The van der Waals surface area contributed by atoms with Crippen LogP contribution in [-0.4, -0.2) is 23.1 Å². The highest BCUT2D eigenvalue weighted by Crippen LogP contribution is 2.22. The maximum atomic E-state index is 12.3. The molecule has 3 atom stereocenters. The molecule has 114 valence electrons. The molecule has 0 saturated carbocycles. The molecule has 0 radical (unpaired) electrons. The van der Waals surface area contributed by atoms with Crippen LogP contribution in [0.1, 0.15) is 22.0 Å². The van der Waals surface area contributed by atoms with E-state index in [1.54, 1.807) is 54.6 Å². The van der Waals surface area contributed by atoms with Crippen LogP contribution in [0.5, 0.6) is 0 Å². The average Bonchev–Trinajstić information content (AvgIpc) is 2.55. The SMILES string of the molecule is O=C(N[C@@H](c1ccccc1)[C@@H](OP)C(=O)O)c1ccccc1. The molecule has 0 spiro atoms. The number of benzene rings is 2. The van der Waals surface area contributed by atoms with Crippen molar-refractivity contribution >= 4 is 21.3 Å². The fourth-order valence-electron chi connectivity index (χ4n) is 2.09. The highest BCUT2D eigenvalue weighted by atomic mass is 31.0. The van der Waals surface area contributed by atoms with Gasteiger partial charge in [0.05, 0.1) is 6.04 Å². The van der Waals surface area contributed by atoms with Gasteiger partial charge in [0.2, 0.25) is 0 Å². The van der Waals surface area contributed by atoms with Gasteiger partial charge in [0.25, 0.3) is 5.91 Å². The van der Waals surface area contributed by atoms with Crippen LogP contribution in [0, 0.1) is 0 Å². The Morgan fingerprint density at radius 3 is 2.05 bits per heavy atom. The largest absolute Gasteiger partial charge is 0.479 e. The fraction of sp³-hybridized carbons (Fsp3) is 0.125. The summed E-state index contributed by atoms with van der Waals surface area (Å²) in [7, 11) is 1.94. The summed E-state index contributed by atoms with van der Waals surface area (Å²) in [6, 6.07) is 16.7. The van der Waals surface area contributed by atoms with Gasteiger partial charge >= 0.3 is 5.97 Å². The van der Waals surface area contributed by atoms with Gasteiger partial charge in [-0.25, -0.2) is 4.79 Å². The van der Waals surface area contributed by atoms with Crippen molar-refractivity contribution in [3.05, 3.63) is 71.8 Å². The van der Waals surface area contributed by atoms with Crippen LogP contribution in [0.25, 0.3) is 0 Å². The van der Waals surface area contributed by atoms with Crippen LogP contribution in [0.2, 0.25) is 0 Å². The Balaban J connectivity index is 2.29. The summed E-state index contributed by atoms with van der Waals surface area (Å²) in [5, 5.41) is 12.0. The summed E-state index contributed by atoms with van der Waals surface area (Å²) >= 11 is 0. The first kappa shape index (κ1) is 16.1. The van der Waals surface area contributed by atoms with E-state index in [9.17, 15) is 14.7 Å². The van der Waals surface area contributed by atoms with Crippen molar-refractivity contribution < 1.29 is 19.2 Å². The van der Waals surface area contributed by atoms with Crippen molar-refractivity contribution in [2.75, 3.05) is 0 Å². The van der Waals surface area contributed by atoms with Crippen molar-refractivity contribution in [2.24, 2.45) is 0 Å². The van der Waals surface area contributed by atoms with Crippen molar-refractivity contribution in [3.8, 4) is 0 Å². The molecule has 0 aromatic heterocycles. The molecule has 22 heavy (non-hydrogen) atoms. The standard InChI is InChI=1S/C16H16NO4P/c18-15(12-9-5-2-6-10-12)17-13(14(21-22)16(19)20)11-7-3-1-4-8-11/h1-10,13-14H,22H2,(H,17,18)(H,19,20)/t13-,14+/m0/s1. The molecule has 0 bridgehead atoms. The summed E-state index contributed by atoms with van der Waals surface area (Å²) in [4.78, 5) is 23.7. The maximum absolute atomic E-state index is 12.3. The number of carboxylic acid groups (broad SMARTS) is 1. The van der Waals surface area contributed by atoms with Gasteiger partial charge < -0.3 is 14.9 Å². The second-order valence-electron chi connectivity index (χ2n) is 4.62. The Morgan fingerprint density at radius 2 is 1.55 bits per heavy atom. The van der Waals surface area contributed by atoms with E-state index >= 15 is 0 Å². The summed E-state index contributed by atoms with van der Waals surface area (Å²) in [6.45, 7) is 0. The lowest BCUT2D eigenvalue weighted by atomic mass is 10.0. The maximum Gasteiger partial charge on any atom is 0.335 e. The second-order valence-corrected chi connectivity index (χ2v) is 4.89. The third-order valence-electron chi connectivity index (χ3n) is 3.17. The number of nitrogens with one attached hydrogen (secondary N) is 1. The number of carbonyl (C=O) groups excluding carboxylic acids is 1. The highest BCUT2D eigenvalue weighted by molar-refractivity contribution is 7.09. The summed E-state index contributed by atoms with van der Waals surface area (Å²) in [6.07, 6.45) is -1.21. The van der Waals surface area contributed by atoms with Gasteiger partial charge in [0.15, 0.2) is 6.10 Å². The minimum Gasteiger partial charge on any atom is -0.479 e. The van der Waals surface area contributed by atoms with Crippen molar-refractivity contribution in [1.82, 2.24) is 5.32 Å². The van der Waals surface area contributed by atoms with E-state index in [2.05, 4.69) is 5.32 Å². The van der Waals surface area contributed by atoms with Gasteiger partial charge in [0.1, 0.15) is 0 Å². The van der Waals surface area contributed by atoms with Gasteiger partial charge in [0, 0.05) is 15.0 Å². The zero-order chi connectivity index (χ0) is 15.9. The molecule has 2 aromatic carbocycles. The lowest BCUT2D eigenvalue weighted by Crippen LogP contribution is -2.40. The third-order valence-corrected chi connectivity index (χ3v) is 3.47. The van der Waals surface area contributed by atoms with Gasteiger partial charge in [-0.15, -0.1) is 0 Å². The van der Waals surface area contributed by atoms with Crippen LogP contribution in [0.15, 0.2) is 60.7 Å². The zero-order valence-electron chi connectivity index (χ0n) is 11.7. The van der Waals surface area contributed by atoms with Crippen LogP contribution >= 0.6 is 9.47 Å². The van der Waals surface area contributed by atoms with Gasteiger partial charge in [-0.05, 0) is 17.7 Å². The molecule has 0 aliphatic rings. The molecule has 0 fully saturated rings. The molecular formula is C16H16NO4P.